The monoisotopic (exact) mass is 573 g/mol. The lowest BCUT2D eigenvalue weighted by molar-refractivity contribution is -0.0685. The predicted molar refractivity (Wildman–Crippen MR) is 105 cm³/mol. The van der Waals surface area contributed by atoms with Gasteiger partial charge in [0.1, 0.15) is 30.1 Å². The summed E-state index contributed by atoms with van der Waals surface area (Å²) < 4.78 is 94.4. The molecule has 198 valence electrons. The number of ether oxygens (including phenoxy) is 1. The highest BCUT2D eigenvalue weighted by Gasteiger charge is 2.59. The first kappa shape index (κ1) is 28.1. The second kappa shape index (κ2) is 9.45. The molecule has 0 saturated carbocycles. The van der Waals surface area contributed by atoms with Crippen molar-refractivity contribution in [3.8, 4) is 0 Å². The Morgan fingerprint density at radius 1 is 1.23 bits per heavy atom. The summed E-state index contributed by atoms with van der Waals surface area (Å²) in [5, 5.41) is 9.62. The molecule has 0 radical (unpaired) electrons. The fourth-order valence-electron chi connectivity index (χ4n) is 3.25. The largest absolute Gasteiger partial charge is 0.490 e. The van der Waals surface area contributed by atoms with E-state index in [2.05, 4.69) is 23.1 Å². The van der Waals surface area contributed by atoms with Gasteiger partial charge in [-0.15, -0.1) is 0 Å². The van der Waals surface area contributed by atoms with Gasteiger partial charge in [-0.2, -0.15) is 8.62 Å². The molecule has 1 fully saturated rings. The van der Waals surface area contributed by atoms with Crippen molar-refractivity contribution in [3.63, 3.8) is 0 Å². The number of halogens is 3. The number of phosphoric acid groups is 3. The number of nitrogens with one attached hydrogen (secondary N) is 1. The van der Waals surface area contributed by atoms with Crippen molar-refractivity contribution in [2.75, 3.05) is 13.3 Å². The molecular formula is C13H17F3N3O13P3. The number of aryl methyl sites for hydroxylation is 1. The molecule has 6 atom stereocenters. The highest BCUT2D eigenvalue weighted by Crippen LogP contribution is 2.66. The zero-order chi connectivity index (χ0) is 26.6. The van der Waals surface area contributed by atoms with Crippen molar-refractivity contribution >= 4 is 34.5 Å². The summed E-state index contributed by atoms with van der Waals surface area (Å²) in [6, 6.07) is 0. The molecule has 0 aromatic carbocycles. The number of nitrogens with zero attached hydrogens (tertiary/aromatic N) is 2. The highest BCUT2D eigenvalue weighted by molar-refractivity contribution is 7.66. The van der Waals surface area contributed by atoms with Gasteiger partial charge in [-0.1, -0.05) is 0 Å². The van der Waals surface area contributed by atoms with Crippen LogP contribution in [0.25, 0.3) is 11.0 Å². The molecule has 35 heavy (non-hydrogen) atoms. The van der Waals surface area contributed by atoms with Crippen LogP contribution in [0.2, 0.25) is 0 Å². The molecule has 0 spiro atoms. The van der Waals surface area contributed by atoms with Crippen molar-refractivity contribution in [3.05, 3.63) is 28.2 Å². The van der Waals surface area contributed by atoms with Crippen LogP contribution < -0.4 is 5.56 Å². The van der Waals surface area contributed by atoms with Gasteiger partial charge < -0.3 is 34.4 Å². The van der Waals surface area contributed by atoms with E-state index in [4.69, 9.17) is 19.4 Å². The van der Waals surface area contributed by atoms with Crippen molar-refractivity contribution in [2.24, 2.45) is 0 Å². The standard InChI is InChI=1S/C13H17F3N3O13P3/c1-5-17-10-8(11(21)18-5)6(15)2-19(10)12-13(16,4-14)9(20)7(30-12)3-29-34(25,26)32-35(27,28)31-33(22,23)24/h2,7,9,12,20H,3-4H2,1H3,(H,25,26)(H,27,28)(H,17,18,21)(H2,22,23,24)/t7-,9+,12-,13?/m1/s1. The van der Waals surface area contributed by atoms with Crippen LogP contribution in [0.3, 0.4) is 0 Å². The summed E-state index contributed by atoms with van der Waals surface area (Å²) in [5.41, 5.74) is -4.76. The van der Waals surface area contributed by atoms with E-state index in [-0.39, 0.29) is 5.82 Å². The molecule has 6 N–H and O–H groups in total. The molecule has 3 unspecified atom stereocenters. The fourth-order valence-corrected chi connectivity index (χ4v) is 6.28. The Balaban J connectivity index is 1.86. The third-order valence-corrected chi connectivity index (χ3v) is 8.39. The molecular weight excluding hydrogens is 556 g/mol. The molecule has 22 heteroatoms. The van der Waals surface area contributed by atoms with Crippen molar-refractivity contribution in [2.45, 2.75) is 31.0 Å². The zero-order valence-corrected chi connectivity index (χ0v) is 19.8. The van der Waals surface area contributed by atoms with E-state index in [0.717, 1.165) is 0 Å². The fraction of sp³-hybridized carbons (Fsp3) is 0.538. The van der Waals surface area contributed by atoms with Gasteiger partial charge in [0.15, 0.2) is 17.7 Å². The lowest BCUT2D eigenvalue weighted by atomic mass is 9.97. The number of hydrogen-bond acceptors (Lipinski definition) is 10. The number of hydrogen-bond donors (Lipinski definition) is 6. The number of fused-ring (bicyclic) bond motifs is 1. The third kappa shape index (κ3) is 5.93. The second-order valence-electron chi connectivity index (χ2n) is 7.15. The number of aromatic nitrogens is 3. The zero-order valence-electron chi connectivity index (χ0n) is 17.1. The van der Waals surface area contributed by atoms with Crippen LogP contribution in [0.1, 0.15) is 12.1 Å². The summed E-state index contributed by atoms with van der Waals surface area (Å²) in [4.78, 5) is 53.7. The summed E-state index contributed by atoms with van der Waals surface area (Å²) in [6.45, 7) is -1.94. The number of aliphatic hydroxyl groups excluding tert-OH is 1. The minimum atomic E-state index is -5.86. The van der Waals surface area contributed by atoms with Crippen molar-refractivity contribution in [1.82, 2.24) is 14.5 Å². The number of alkyl halides is 2. The highest BCUT2D eigenvalue weighted by atomic mass is 31.3. The quantitative estimate of drug-likeness (QED) is 0.223. The summed E-state index contributed by atoms with van der Waals surface area (Å²) in [5.74, 6) is -1.22. The van der Waals surface area contributed by atoms with E-state index in [0.29, 0.717) is 10.8 Å². The van der Waals surface area contributed by atoms with Crippen LogP contribution in [-0.4, -0.2) is 70.4 Å². The molecule has 0 aliphatic carbocycles. The topological polar surface area (TPSA) is 240 Å². The van der Waals surface area contributed by atoms with Crippen LogP contribution in [-0.2, 0) is 31.6 Å². The Kier molecular flexibility index (Phi) is 7.59. The van der Waals surface area contributed by atoms with E-state index in [1.165, 1.54) is 6.92 Å². The van der Waals surface area contributed by atoms with Crippen LogP contribution >= 0.6 is 23.5 Å². The number of aromatic amines is 1. The molecule has 0 bridgehead atoms. The third-order valence-electron chi connectivity index (χ3n) is 4.59. The summed E-state index contributed by atoms with van der Waals surface area (Å²) in [7, 11) is -17.2. The van der Waals surface area contributed by atoms with E-state index in [9.17, 15) is 37.3 Å². The normalized spacial score (nSPS) is 28.8. The van der Waals surface area contributed by atoms with Crippen LogP contribution in [0.4, 0.5) is 13.2 Å². The number of rotatable bonds is 9. The SMILES string of the molecule is Cc1nc2c(c(F)cn2[C@@H]2O[C@H](COP(=O)(O)OP(=O)(O)OP(=O)(O)O)[C@H](O)C2(F)CF)c(=O)[nH]1. The van der Waals surface area contributed by atoms with E-state index < -0.39 is 83.3 Å². The maximum absolute atomic E-state index is 15.4. The van der Waals surface area contributed by atoms with Gasteiger partial charge in [0, 0.05) is 6.20 Å². The van der Waals surface area contributed by atoms with Gasteiger partial charge in [-0.3, -0.25) is 13.9 Å². The van der Waals surface area contributed by atoms with Gasteiger partial charge >= 0.3 is 23.5 Å². The predicted octanol–water partition coefficient (Wildman–Crippen LogP) is 0.452. The van der Waals surface area contributed by atoms with E-state index >= 15 is 4.39 Å². The maximum atomic E-state index is 15.4. The Bertz CT molecular complexity index is 1330. The molecule has 0 amide bonds. The maximum Gasteiger partial charge on any atom is 0.490 e. The van der Waals surface area contributed by atoms with Crippen molar-refractivity contribution in [1.29, 1.82) is 0 Å². The van der Waals surface area contributed by atoms with Gasteiger partial charge in [0.05, 0.1) is 6.61 Å². The van der Waals surface area contributed by atoms with Gasteiger partial charge in [-0.05, 0) is 6.92 Å². The van der Waals surface area contributed by atoms with Gasteiger partial charge in [-0.25, -0.2) is 31.9 Å². The molecule has 2 aromatic rings. The minimum absolute atomic E-state index is 0.0330. The molecule has 1 saturated heterocycles. The number of aliphatic hydroxyl groups is 1. The van der Waals surface area contributed by atoms with Gasteiger partial charge in [0.2, 0.25) is 5.67 Å². The average Bonchev–Trinajstić information content (AvgIpc) is 3.12. The summed E-state index contributed by atoms with van der Waals surface area (Å²) >= 11 is 0. The average molecular weight is 573 g/mol. The molecule has 16 nitrogen and oxygen atoms in total. The minimum Gasteiger partial charge on any atom is -0.387 e. The van der Waals surface area contributed by atoms with Crippen LogP contribution in [0, 0.1) is 12.7 Å². The van der Waals surface area contributed by atoms with Crippen molar-refractivity contribution < 1.29 is 69.4 Å². The smallest absolute Gasteiger partial charge is 0.387 e. The van der Waals surface area contributed by atoms with Crippen LogP contribution in [0.5, 0.6) is 0 Å². The Labute approximate surface area is 191 Å². The van der Waals surface area contributed by atoms with E-state index in [1.54, 1.807) is 0 Å². The molecule has 2 aromatic heterocycles. The Morgan fingerprint density at radius 2 is 1.86 bits per heavy atom. The summed E-state index contributed by atoms with van der Waals surface area (Å²) in [6.07, 6.45) is -6.07. The Morgan fingerprint density at radius 3 is 2.43 bits per heavy atom. The molecule has 1 aliphatic heterocycles. The molecule has 3 rings (SSSR count). The lowest BCUT2D eigenvalue weighted by Crippen LogP contribution is -2.45. The first-order chi connectivity index (χ1) is 15.9. The molecule has 1 aliphatic rings. The second-order valence-corrected chi connectivity index (χ2v) is 11.6. The first-order valence-electron chi connectivity index (χ1n) is 9.03. The first-order valence-corrected chi connectivity index (χ1v) is 13.5. The lowest BCUT2D eigenvalue weighted by Gasteiger charge is -2.26. The number of H-pyrrole nitrogens is 1. The number of phosphoric ester groups is 1. The van der Waals surface area contributed by atoms with E-state index in [1.807, 2.05) is 0 Å². The van der Waals surface area contributed by atoms with Gasteiger partial charge in [0.25, 0.3) is 5.56 Å². The van der Waals surface area contributed by atoms with Crippen LogP contribution in [0.15, 0.2) is 11.0 Å². The Hall–Kier alpha value is -1.46. The molecule has 3 heterocycles.